The van der Waals surface area contributed by atoms with E-state index in [1.54, 1.807) is 17.0 Å². The van der Waals surface area contributed by atoms with Crippen molar-refractivity contribution in [2.75, 3.05) is 19.7 Å². The van der Waals surface area contributed by atoms with Gasteiger partial charge in [-0.3, -0.25) is 9.59 Å². The van der Waals surface area contributed by atoms with Gasteiger partial charge in [0.15, 0.2) is 5.76 Å². The number of hydrogen-bond donors (Lipinski definition) is 0. The van der Waals surface area contributed by atoms with Gasteiger partial charge in [0, 0.05) is 13.1 Å². The molecule has 1 aliphatic rings. The van der Waals surface area contributed by atoms with E-state index in [1.807, 2.05) is 0 Å². The van der Waals surface area contributed by atoms with E-state index in [0.717, 1.165) is 12.8 Å². The molecule has 0 unspecified atom stereocenters. The Kier molecular flexibility index (Phi) is 10.0. The molecule has 1 fully saturated rings. The Labute approximate surface area is 163 Å². The van der Waals surface area contributed by atoms with Crippen LogP contribution in [0.2, 0.25) is 0 Å². The quantitative estimate of drug-likeness (QED) is 0.371. The molecule has 0 spiro atoms. The third-order valence-corrected chi connectivity index (χ3v) is 5.34. The van der Waals surface area contributed by atoms with Crippen LogP contribution in [0.3, 0.4) is 0 Å². The van der Waals surface area contributed by atoms with Gasteiger partial charge < -0.3 is 14.1 Å². The number of nitrogens with zero attached hydrogens (tertiary/aromatic N) is 1. The summed E-state index contributed by atoms with van der Waals surface area (Å²) in [6.07, 6.45) is 14.1. The number of unbranched alkanes of at least 4 members (excludes halogenated alkanes) is 8. The molecule has 5 heteroatoms. The fourth-order valence-electron chi connectivity index (χ4n) is 3.58. The first-order valence-corrected chi connectivity index (χ1v) is 10.7. The number of rotatable bonds is 12. The molecule has 2 rings (SSSR count). The van der Waals surface area contributed by atoms with Gasteiger partial charge in [0.25, 0.3) is 5.91 Å². The zero-order valence-corrected chi connectivity index (χ0v) is 16.8. The van der Waals surface area contributed by atoms with Crippen LogP contribution >= 0.6 is 0 Å². The Morgan fingerprint density at radius 3 is 2.26 bits per heavy atom. The molecule has 0 aliphatic carbocycles. The molecule has 1 amide bonds. The Hall–Kier alpha value is -1.78. The van der Waals surface area contributed by atoms with E-state index in [-0.39, 0.29) is 17.8 Å². The second-order valence-corrected chi connectivity index (χ2v) is 7.54. The third-order valence-electron chi connectivity index (χ3n) is 5.34. The van der Waals surface area contributed by atoms with Crippen molar-refractivity contribution in [3.05, 3.63) is 24.2 Å². The van der Waals surface area contributed by atoms with Crippen LogP contribution in [0.5, 0.6) is 0 Å². The number of ether oxygens (including phenoxy) is 1. The lowest BCUT2D eigenvalue weighted by Crippen LogP contribution is -2.40. The van der Waals surface area contributed by atoms with E-state index < -0.39 is 0 Å². The van der Waals surface area contributed by atoms with E-state index in [1.165, 1.54) is 51.2 Å². The van der Waals surface area contributed by atoms with Gasteiger partial charge >= 0.3 is 5.97 Å². The average Bonchev–Trinajstić information content (AvgIpc) is 3.23. The van der Waals surface area contributed by atoms with Crippen molar-refractivity contribution in [3.63, 3.8) is 0 Å². The van der Waals surface area contributed by atoms with Crippen molar-refractivity contribution < 1.29 is 18.7 Å². The van der Waals surface area contributed by atoms with Crippen molar-refractivity contribution in [1.82, 2.24) is 4.90 Å². The van der Waals surface area contributed by atoms with Gasteiger partial charge in [-0.15, -0.1) is 0 Å². The number of carbonyl (C=O) groups is 2. The van der Waals surface area contributed by atoms with E-state index in [9.17, 15) is 9.59 Å². The summed E-state index contributed by atoms with van der Waals surface area (Å²) < 4.78 is 10.6. The number of amides is 1. The lowest BCUT2D eigenvalue weighted by Gasteiger charge is -2.30. The largest absolute Gasteiger partial charge is 0.465 e. The van der Waals surface area contributed by atoms with Crippen LogP contribution in [0.15, 0.2) is 22.8 Å². The van der Waals surface area contributed by atoms with Crippen LogP contribution in [0.1, 0.15) is 88.1 Å². The molecular weight excluding hydrogens is 342 g/mol. The number of piperidine rings is 1. The summed E-state index contributed by atoms with van der Waals surface area (Å²) in [5.74, 6) is 0.0896. The van der Waals surface area contributed by atoms with Gasteiger partial charge in [-0.25, -0.2) is 0 Å². The second-order valence-electron chi connectivity index (χ2n) is 7.54. The first-order chi connectivity index (χ1) is 13.2. The van der Waals surface area contributed by atoms with Crippen LogP contribution in [0.25, 0.3) is 0 Å². The van der Waals surface area contributed by atoms with Crippen molar-refractivity contribution in [1.29, 1.82) is 0 Å². The van der Waals surface area contributed by atoms with Crippen LogP contribution in [-0.4, -0.2) is 36.5 Å². The summed E-state index contributed by atoms with van der Waals surface area (Å²) in [4.78, 5) is 26.2. The normalized spacial score (nSPS) is 15.1. The van der Waals surface area contributed by atoms with Crippen LogP contribution in [-0.2, 0) is 9.53 Å². The molecule has 0 aromatic carbocycles. The molecule has 1 saturated heterocycles. The summed E-state index contributed by atoms with van der Waals surface area (Å²) >= 11 is 0. The van der Waals surface area contributed by atoms with Crippen molar-refractivity contribution in [2.45, 2.75) is 77.6 Å². The standard InChI is InChI=1S/C22H35NO4/c1-2-3-4-5-6-7-8-9-10-17-27-22(25)19-13-15-23(16-14-19)21(24)20-12-11-18-26-20/h11-12,18-19H,2-10,13-17H2,1H3. The Morgan fingerprint density at radius 2 is 1.67 bits per heavy atom. The maximum Gasteiger partial charge on any atom is 0.309 e. The number of likely N-dealkylation sites (tertiary alicyclic amines) is 1. The van der Waals surface area contributed by atoms with Crippen molar-refractivity contribution in [2.24, 2.45) is 5.92 Å². The maximum absolute atomic E-state index is 12.2. The number of furan rings is 1. The molecule has 0 atom stereocenters. The van der Waals surface area contributed by atoms with Gasteiger partial charge in [-0.1, -0.05) is 58.3 Å². The van der Waals surface area contributed by atoms with Gasteiger partial charge in [-0.2, -0.15) is 0 Å². The molecule has 0 bridgehead atoms. The molecule has 152 valence electrons. The first kappa shape index (κ1) is 21.5. The smallest absolute Gasteiger partial charge is 0.309 e. The molecule has 2 heterocycles. The summed E-state index contributed by atoms with van der Waals surface area (Å²) in [5.41, 5.74) is 0. The fraction of sp³-hybridized carbons (Fsp3) is 0.727. The predicted molar refractivity (Wildman–Crippen MR) is 106 cm³/mol. The minimum atomic E-state index is -0.0975. The van der Waals surface area contributed by atoms with Gasteiger partial charge in [0.05, 0.1) is 18.8 Å². The molecule has 5 nitrogen and oxygen atoms in total. The lowest BCUT2D eigenvalue weighted by molar-refractivity contribution is -0.150. The van der Waals surface area contributed by atoms with Crippen molar-refractivity contribution in [3.8, 4) is 0 Å². The Bertz CT molecular complexity index is 533. The summed E-state index contributed by atoms with van der Waals surface area (Å²) in [6.45, 7) is 3.93. The Morgan fingerprint density at radius 1 is 1.04 bits per heavy atom. The zero-order chi connectivity index (χ0) is 19.3. The minimum absolute atomic E-state index is 0.0794. The third kappa shape index (κ3) is 7.77. The van der Waals surface area contributed by atoms with E-state index in [0.29, 0.717) is 38.3 Å². The molecule has 1 aromatic rings. The minimum Gasteiger partial charge on any atom is -0.465 e. The summed E-state index contributed by atoms with van der Waals surface area (Å²) in [6, 6.07) is 3.39. The molecule has 0 N–H and O–H groups in total. The summed E-state index contributed by atoms with van der Waals surface area (Å²) in [5, 5.41) is 0. The van der Waals surface area contributed by atoms with Crippen molar-refractivity contribution >= 4 is 11.9 Å². The molecular formula is C22H35NO4. The average molecular weight is 378 g/mol. The molecule has 1 aliphatic heterocycles. The fourth-order valence-corrected chi connectivity index (χ4v) is 3.58. The highest BCUT2D eigenvalue weighted by Gasteiger charge is 2.29. The van der Waals surface area contributed by atoms with Gasteiger partial charge in [0.1, 0.15) is 0 Å². The predicted octanol–water partition coefficient (Wildman–Crippen LogP) is 5.21. The van der Waals surface area contributed by atoms with Gasteiger partial charge in [-0.05, 0) is 31.4 Å². The van der Waals surface area contributed by atoms with Crippen LogP contribution in [0, 0.1) is 5.92 Å². The first-order valence-electron chi connectivity index (χ1n) is 10.7. The number of esters is 1. The second kappa shape index (κ2) is 12.6. The zero-order valence-electron chi connectivity index (χ0n) is 16.8. The van der Waals surface area contributed by atoms with E-state index >= 15 is 0 Å². The SMILES string of the molecule is CCCCCCCCCCCOC(=O)C1CCN(C(=O)c2ccco2)CC1. The Balaban J connectivity index is 1.49. The lowest BCUT2D eigenvalue weighted by atomic mass is 9.97. The molecule has 0 saturated carbocycles. The highest BCUT2D eigenvalue weighted by atomic mass is 16.5. The van der Waals surface area contributed by atoms with Crippen LogP contribution in [0.4, 0.5) is 0 Å². The summed E-state index contributed by atoms with van der Waals surface area (Å²) in [7, 11) is 0. The van der Waals surface area contributed by atoms with E-state index in [4.69, 9.17) is 9.15 Å². The van der Waals surface area contributed by atoms with E-state index in [2.05, 4.69) is 6.92 Å². The molecule has 27 heavy (non-hydrogen) atoms. The maximum atomic E-state index is 12.2. The number of hydrogen-bond acceptors (Lipinski definition) is 4. The molecule has 0 radical (unpaired) electrons. The monoisotopic (exact) mass is 377 g/mol. The van der Waals surface area contributed by atoms with Gasteiger partial charge in [0.2, 0.25) is 0 Å². The van der Waals surface area contributed by atoms with Crippen LogP contribution < -0.4 is 0 Å². The topological polar surface area (TPSA) is 59.8 Å². The highest BCUT2D eigenvalue weighted by molar-refractivity contribution is 5.91. The molecule has 1 aromatic heterocycles. The highest BCUT2D eigenvalue weighted by Crippen LogP contribution is 2.21. The number of carbonyl (C=O) groups excluding carboxylic acids is 2.